The molecule has 1 aliphatic heterocycles. The summed E-state index contributed by atoms with van der Waals surface area (Å²) in [4.78, 5) is 14.0. The number of amides is 1. The lowest BCUT2D eigenvalue weighted by Gasteiger charge is -2.19. The summed E-state index contributed by atoms with van der Waals surface area (Å²) in [5, 5.41) is 3.15. The van der Waals surface area contributed by atoms with E-state index < -0.39 is 6.61 Å². The summed E-state index contributed by atoms with van der Waals surface area (Å²) in [6, 6.07) is 4.19. The zero-order valence-electron chi connectivity index (χ0n) is 11.6. The second kappa shape index (κ2) is 7.04. The van der Waals surface area contributed by atoms with Crippen LogP contribution in [0.2, 0.25) is 5.02 Å². The lowest BCUT2D eigenvalue weighted by molar-refractivity contribution is -0.125. The van der Waals surface area contributed by atoms with Crippen molar-refractivity contribution < 1.29 is 18.3 Å². The molecule has 0 aliphatic carbocycles. The third-order valence-electron chi connectivity index (χ3n) is 3.51. The first-order chi connectivity index (χ1) is 9.97. The predicted octanol–water partition coefficient (Wildman–Crippen LogP) is 2.65. The summed E-state index contributed by atoms with van der Waals surface area (Å²) in [6.07, 6.45) is 1.78. The highest BCUT2D eigenvalue weighted by Gasteiger charge is 2.27. The molecule has 0 saturated carbocycles. The third-order valence-corrected chi connectivity index (χ3v) is 3.75. The van der Waals surface area contributed by atoms with Gasteiger partial charge in [-0.3, -0.25) is 9.69 Å². The Labute approximate surface area is 127 Å². The molecule has 1 fully saturated rings. The Morgan fingerprint density at radius 3 is 2.95 bits per heavy atom. The fourth-order valence-corrected chi connectivity index (χ4v) is 2.63. The Balaban J connectivity index is 2.01. The average Bonchev–Trinajstić information content (AvgIpc) is 2.84. The summed E-state index contributed by atoms with van der Waals surface area (Å²) in [5.74, 6) is -0.0903. The van der Waals surface area contributed by atoms with Gasteiger partial charge in [-0.05, 0) is 44.6 Å². The van der Waals surface area contributed by atoms with Crippen molar-refractivity contribution in [3.05, 3.63) is 28.8 Å². The molecular weight excluding hydrogens is 302 g/mol. The lowest BCUT2D eigenvalue weighted by atomic mass is 10.1. The molecule has 1 aromatic rings. The van der Waals surface area contributed by atoms with Gasteiger partial charge >= 0.3 is 6.61 Å². The number of nitrogens with one attached hydrogen (secondary N) is 1. The van der Waals surface area contributed by atoms with Crippen LogP contribution in [0.5, 0.6) is 5.75 Å². The largest absolute Gasteiger partial charge is 0.434 e. The number of carbonyl (C=O) groups excluding carboxylic acids is 1. The van der Waals surface area contributed by atoms with Gasteiger partial charge in [0, 0.05) is 17.1 Å². The standard InChI is InChI=1S/C14H17ClF2N2O2/c1-19-6-2-3-11(19)13(20)18-8-9-7-10(15)4-5-12(9)21-14(16)17/h4-5,7,11,14H,2-3,6,8H2,1H3,(H,18,20). The van der Waals surface area contributed by atoms with Crippen LogP contribution in [0, 0.1) is 0 Å². The van der Waals surface area contributed by atoms with Gasteiger partial charge in [-0.2, -0.15) is 8.78 Å². The number of nitrogens with zero attached hydrogens (tertiary/aromatic N) is 1. The first-order valence-corrected chi connectivity index (χ1v) is 7.06. The number of hydrogen-bond donors (Lipinski definition) is 1. The van der Waals surface area contributed by atoms with Crippen molar-refractivity contribution in [2.24, 2.45) is 0 Å². The van der Waals surface area contributed by atoms with E-state index in [-0.39, 0.29) is 24.2 Å². The summed E-state index contributed by atoms with van der Waals surface area (Å²) in [6.45, 7) is -1.93. The van der Waals surface area contributed by atoms with Crippen LogP contribution in [0.25, 0.3) is 0 Å². The number of halogens is 3. The molecule has 21 heavy (non-hydrogen) atoms. The normalized spacial score (nSPS) is 19.0. The molecule has 116 valence electrons. The number of rotatable bonds is 5. The summed E-state index contributed by atoms with van der Waals surface area (Å²) in [7, 11) is 1.89. The molecule has 1 unspecified atom stereocenters. The number of likely N-dealkylation sites (tertiary alicyclic amines) is 1. The molecule has 0 radical (unpaired) electrons. The Hall–Kier alpha value is -1.40. The first kappa shape index (κ1) is 16.0. The molecule has 1 N–H and O–H groups in total. The van der Waals surface area contributed by atoms with Crippen molar-refractivity contribution in [2.75, 3.05) is 13.6 Å². The van der Waals surface area contributed by atoms with Crippen LogP contribution < -0.4 is 10.1 Å². The van der Waals surface area contributed by atoms with E-state index in [1.165, 1.54) is 18.2 Å². The molecule has 1 heterocycles. The molecule has 7 heteroatoms. The Morgan fingerprint density at radius 1 is 1.57 bits per heavy atom. The zero-order valence-corrected chi connectivity index (χ0v) is 12.4. The highest BCUT2D eigenvalue weighted by molar-refractivity contribution is 6.30. The molecule has 0 spiro atoms. The number of alkyl halides is 2. The minimum absolute atomic E-state index is 0.0227. The summed E-state index contributed by atoms with van der Waals surface area (Å²) >= 11 is 5.85. The Bertz CT molecular complexity index is 514. The highest BCUT2D eigenvalue weighted by atomic mass is 35.5. The predicted molar refractivity (Wildman–Crippen MR) is 75.6 cm³/mol. The first-order valence-electron chi connectivity index (χ1n) is 6.68. The van der Waals surface area contributed by atoms with Gasteiger partial charge in [0.2, 0.25) is 5.91 Å². The van der Waals surface area contributed by atoms with Gasteiger partial charge in [-0.15, -0.1) is 0 Å². The topological polar surface area (TPSA) is 41.6 Å². The Kier molecular flexibility index (Phi) is 5.36. The van der Waals surface area contributed by atoms with E-state index in [0.717, 1.165) is 19.4 Å². The SMILES string of the molecule is CN1CCCC1C(=O)NCc1cc(Cl)ccc1OC(F)F. The lowest BCUT2D eigenvalue weighted by Crippen LogP contribution is -2.41. The van der Waals surface area contributed by atoms with E-state index in [1.807, 2.05) is 11.9 Å². The third kappa shape index (κ3) is 4.28. The second-order valence-corrected chi connectivity index (χ2v) is 5.42. The fourth-order valence-electron chi connectivity index (χ4n) is 2.44. The van der Waals surface area contributed by atoms with E-state index in [9.17, 15) is 13.6 Å². The van der Waals surface area contributed by atoms with Gasteiger partial charge in [0.15, 0.2) is 0 Å². The molecule has 1 atom stereocenters. The number of likely N-dealkylation sites (N-methyl/N-ethyl adjacent to an activating group) is 1. The average molecular weight is 319 g/mol. The molecule has 1 amide bonds. The van der Waals surface area contributed by atoms with Gasteiger partial charge in [0.25, 0.3) is 0 Å². The molecule has 1 aromatic carbocycles. The maximum Gasteiger partial charge on any atom is 0.387 e. The molecule has 1 saturated heterocycles. The van der Waals surface area contributed by atoms with Crippen molar-refractivity contribution in [1.82, 2.24) is 10.2 Å². The van der Waals surface area contributed by atoms with Crippen LogP contribution in [-0.4, -0.2) is 37.1 Å². The molecule has 4 nitrogen and oxygen atoms in total. The smallest absolute Gasteiger partial charge is 0.387 e. The van der Waals surface area contributed by atoms with E-state index >= 15 is 0 Å². The van der Waals surface area contributed by atoms with E-state index in [1.54, 1.807) is 0 Å². The van der Waals surface area contributed by atoms with Crippen molar-refractivity contribution >= 4 is 17.5 Å². The van der Waals surface area contributed by atoms with Crippen LogP contribution in [0.4, 0.5) is 8.78 Å². The molecule has 0 bridgehead atoms. The minimum atomic E-state index is -2.92. The van der Waals surface area contributed by atoms with Crippen molar-refractivity contribution in [3.63, 3.8) is 0 Å². The van der Waals surface area contributed by atoms with Crippen LogP contribution in [0.3, 0.4) is 0 Å². The van der Waals surface area contributed by atoms with E-state index in [2.05, 4.69) is 10.1 Å². The zero-order chi connectivity index (χ0) is 15.4. The van der Waals surface area contributed by atoms with E-state index in [0.29, 0.717) is 10.6 Å². The maximum atomic E-state index is 12.3. The molecule has 2 rings (SSSR count). The minimum Gasteiger partial charge on any atom is -0.434 e. The van der Waals surface area contributed by atoms with Gasteiger partial charge in [-0.1, -0.05) is 11.6 Å². The quantitative estimate of drug-likeness (QED) is 0.907. The van der Waals surface area contributed by atoms with Crippen LogP contribution in [-0.2, 0) is 11.3 Å². The summed E-state index contributed by atoms with van der Waals surface area (Å²) < 4.78 is 29.1. The number of hydrogen-bond acceptors (Lipinski definition) is 3. The molecular formula is C14H17ClF2N2O2. The van der Waals surface area contributed by atoms with Crippen molar-refractivity contribution in [1.29, 1.82) is 0 Å². The number of carbonyl (C=O) groups is 1. The molecule has 1 aliphatic rings. The van der Waals surface area contributed by atoms with Gasteiger partial charge in [0.1, 0.15) is 5.75 Å². The van der Waals surface area contributed by atoms with Gasteiger partial charge in [-0.25, -0.2) is 0 Å². The maximum absolute atomic E-state index is 12.3. The van der Waals surface area contributed by atoms with E-state index in [4.69, 9.17) is 11.6 Å². The van der Waals surface area contributed by atoms with Gasteiger partial charge < -0.3 is 10.1 Å². The highest BCUT2D eigenvalue weighted by Crippen LogP contribution is 2.24. The molecule has 0 aromatic heterocycles. The second-order valence-electron chi connectivity index (χ2n) is 4.99. The number of ether oxygens (including phenoxy) is 1. The number of benzene rings is 1. The fraction of sp³-hybridized carbons (Fsp3) is 0.500. The Morgan fingerprint density at radius 2 is 2.33 bits per heavy atom. The monoisotopic (exact) mass is 318 g/mol. The summed E-state index contributed by atoms with van der Waals surface area (Å²) in [5.41, 5.74) is 0.428. The van der Waals surface area contributed by atoms with Crippen LogP contribution in [0.15, 0.2) is 18.2 Å². The van der Waals surface area contributed by atoms with Crippen molar-refractivity contribution in [3.8, 4) is 5.75 Å². The van der Waals surface area contributed by atoms with Gasteiger partial charge in [0.05, 0.1) is 6.04 Å². The van der Waals surface area contributed by atoms with Crippen LogP contribution in [0.1, 0.15) is 18.4 Å². The van der Waals surface area contributed by atoms with Crippen LogP contribution >= 0.6 is 11.6 Å². The van der Waals surface area contributed by atoms with Crippen molar-refractivity contribution in [2.45, 2.75) is 32.0 Å².